The van der Waals surface area contributed by atoms with Crippen molar-refractivity contribution in [2.24, 2.45) is 29.6 Å². The van der Waals surface area contributed by atoms with E-state index in [0.717, 1.165) is 29.6 Å². The molecule has 0 aromatic heterocycles. The molecule has 0 aliphatic heterocycles. The highest BCUT2D eigenvalue weighted by atomic mass is 14.4. The van der Waals surface area contributed by atoms with Crippen molar-refractivity contribution in [3.8, 4) is 0 Å². The maximum Gasteiger partial charge on any atom is -0.0357 e. The summed E-state index contributed by atoms with van der Waals surface area (Å²) >= 11 is 0. The number of fused-ring (bicyclic) bond motifs is 1. The van der Waals surface area contributed by atoms with E-state index in [2.05, 4.69) is 20.8 Å². The lowest BCUT2D eigenvalue weighted by atomic mass is 9.80. The van der Waals surface area contributed by atoms with Gasteiger partial charge in [-0.3, -0.25) is 0 Å². The van der Waals surface area contributed by atoms with Crippen LogP contribution in [0, 0.1) is 29.6 Å². The average molecular weight is 180 g/mol. The summed E-state index contributed by atoms with van der Waals surface area (Å²) in [5, 5.41) is 0. The van der Waals surface area contributed by atoms with Gasteiger partial charge in [0.15, 0.2) is 0 Å². The van der Waals surface area contributed by atoms with Crippen LogP contribution in [-0.4, -0.2) is 0 Å². The van der Waals surface area contributed by atoms with E-state index < -0.39 is 0 Å². The van der Waals surface area contributed by atoms with Crippen LogP contribution < -0.4 is 0 Å². The molecule has 0 aromatic carbocycles. The number of hydrogen-bond donors (Lipinski definition) is 0. The van der Waals surface area contributed by atoms with Gasteiger partial charge in [-0.1, -0.05) is 27.2 Å². The van der Waals surface area contributed by atoms with E-state index >= 15 is 0 Å². The van der Waals surface area contributed by atoms with E-state index in [1.165, 1.54) is 32.1 Å². The first-order valence-electron chi connectivity index (χ1n) is 6.18. The van der Waals surface area contributed by atoms with Gasteiger partial charge in [0.05, 0.1) is 0 Å². The van der Waals surface area contributed by atoms with Crippen molar-refractivity contribution in [3.05, 3.63) is 0 Å². The van der Waals surface area contributed by atoms with Gasteiger partial charge in [-0.05, 0) is 55.3 Å². The van der Waals surface area contributed by atoms with Gasteiger partial charge in [-0.2, -0.15) is 0 Å². The standard InChI is InChI=1S/C13H24/c1-9-7-10(2)12-5-4-6-13(12)11(3)8-9/h9-13H,4-8H2,1-3H3/t9?,10-,11?,12?,13?/m1/s1. The Morgan fingerprint density at radius 1 is 0.769 bits per heavy atom. The summed E-state index contributed by atoms with van der Waals surface area (Å²) in [5.74, 6) is 5.16. The highest BCUT2D eigenvalue weighted by molar-refractivity contribution is 4.88. The molecule has 0 spiro atoms. The summed E-state index contributed by atoms with van der Waals surface area (Å²) in [6.45, 7) is 7.45. The molecular formula is C13H24. The summed E-state index contributed by atoms with van der Waals surface area (Å²) in [6, 6.07) is 0. The Morgan fingerprint density at radius 2 is 1.23 bits per heavy atom. The summed E-state index contributed by atoms with van der Waals surface area (Å²) in [6.07, 6.45) is 7.56. The third kappa shape index (κ3) is 1.78. The van der Waals surface area contributed by atoms with Crippen molar-refractivity contribution >= 4 is 0 Å². The molecule has 4 unspecified atom stereocenters. The number of hydrogen-bond acceptors (Lipinski definition) is 0. The summed E-state index contributed by atoms with van der Waals surface area (Å²) in [5.41, 5.74) is 0. The Balaban J connectivity index is 2.12. The van der Waals surface area contributed by atoms with Crippen LogP contribution in [0.5, 0.6) is 0 Å². The molecule has 2 aliphatic carbocycles. The zero-order valence-corrected chi connectivity index (χ0v) is 9.42. The van der Waals surface area contributed by atoms with Crippen molar-refractivity contribution in [3.63, 3.8) is 0 Å². The van der Waals surface area contributed by atoms with Crippen LogP contribution in [0.15, 0.2) is 0 Å². The van der Waals surface area contributed by atoms with Crippen LogP contribution in [0.2, 0.25) is 0 Å². The Hall–Kier alpha value is 0. The normalized spacial score (nSPS) is 51.5. The zero-order valence-electron chi connectivity index (χ0n) is 9.42. The minimum atomic E-state index is 0.982. The molecule has 0 nitrogen and oxygen atoms in total. The maximum absolute atomic E-state index is 2.50. The van der Waals surface area contributed by atoms with Crippen LogP contribution in [-0.2, 0) is 0 Å². The highest BCUT2D eigenvalue weighted by Crippen LogP contribution is 2.47. The van der Waals surface area contributed by atoms with Crippen LogP contribution in [0.4, 0.5) is 0 Å². The Morgan fingerprint density at radius 3 is 1.69 bits per heavy atom. The molecule has 0 N–H and O–H groups in total. The molecule has 2 rings (SSSR count). The van der Waals surface area contributed by atoms with E-state index in [0.29, 0.717) is 0 Å². The van der Waals surface area contributed by atoms with Gasteiger partial charge in [-0.25, -0.2) is 0 Å². The fourth-order valence-electron chi connectivity index (χ4n) is 4.15. The third-order valence-electron chi connectivity index (χ3n) is 4.63. The first kappa shape index (κ1) is 9.55. The molecule has 13 heavy (non-hydrogen) atoms. The second kappa shape index (κ2) is 3.63. The van der Waals surface area contributed by atoms with E-state index in [4.69, 9.17) is 0 Å². The minimum Gasteiger partial charge on any atom is -0.0625 e. The summed E-state index contributed by atoms with van der Waals surface area (Å²) in [4.78, 5) is 0. The van der Waals surface area contributed by atoms with Crippen LogP contribution in [0.1, 0.15) is 52.9 Å². The molecule has 2 aliphatic rings. The third-order valence-corrected chi connectivity index (χ3v) is 4.63. The Bertz CT molecular complexity index is 155. The summed E-state index contributed by atoms with van der Waals surface area (Å²) in [7, 11) is 0. The predicted molar refractivity (Wildman–Crippen MR) is 57.6 cm³/mol. The first-order chi connectivity index (χ1) is 6.18. The number of rotatable bonds is 0. The molecule has 0 heterocycles. The van der Waals surface area contributed by atoms with Gasteiger partial charge in [0, 0.05) is 0 Å². The van der Waals surface area contributed by atoms with Crippen molar-refractivity contribution in [1.82, 2.24) is 0 Å². The van der Waals surface area contributed by atoms with E-state index in [-0.39, 0.29) is 0 Å². The Kier molecular flexibility index (Phi) is 2.67. The lowest BCUT2D eigenvalue weighted by Crippen LogP contribution is -2.18. The van der Waals surface area contributed by atoms with Crippen LogP contribution in [0.25, 0.3) is 0 Å². The molecular weight excluding hydrogens is 156 g/mol. The second-order valence-electron chi connectivity index (χ2n) is 5.79. The fourth-order valence-corrected chi connectivity index (χ4v) is 4.15. The lowest BCUT2D eigenvalue weighted by Gasteiger charge is -2.25. The molecule has 0 amide bonds. The van der Waals surface area contributed by atoms with Gasteiger partial charge in [-0.15, -0.1) is 0 Å². The highest BCUT2D eigenvalue weighted by Gasteiger charge is 2.38. The van der Waals surface area contributed by atoms with Gasteiger partial charge in [0.1, 0.15) is 0 Å². The van der Waals surface area contributed by atoms with E-state index in [1.807, 2.05) is 0 Å². The predicted octanol–water partition coefficient (Wildman–Crippen LogP) is 4.10. The molecule has 2 fully saturated rings. The summed E-state index contributed by atoms with van der Waals surface area (Å²) < 4.78 is 0. The SMILES string of the molecule is CC1CC(C)C2CCCC2[C@H](C)C1. The largest absolute Gasteiger partial charge is 0.0625 e. The van der Waals surface area contributed by atoms with Crippen molar-refractivity contribution in [2.75, 3.05) is 0 Å². The molecule has 0 aromatic rings. The quantitative estimate of drug-likeness (QED) is 0.526. The van der Waals surface area contributed by atoms with E-state index in [1.54, 1.807) is 0 Å². The molecule has 5 atom stereocenters. The monoisotopic (exact) mass is 180 g/mol. The van der Waals surface area contributed by atoms with Crippen molar-refractivity contribution < 1.29 is 0 Å². The smallest absolute Gasteiger partial charge is 0.0357 e. The second-order valence-corrected chi connectivity index (χ2v) is 5.79. The van der Waals surface area contributed by atoms with E-state index in [9.17, 15) is 0 Å². The lowest BCUT2D eigenvalue weighted by molar-refractivity contribution is 0.235. The van der Waals surface area contributed by atoms with Gasteiger partial charge >= 0.3 is 0 Å². The van der Waals surface area contributed by atoms with Gasteiger partial charge in [0.25, 0.3) is 0 Å². The fraction of sp³-hybridized carbons (Fsp3) is 1.00. The topological polar surface area (TPSA) is 0 Å². The van der Waals surface area contributed by atoms with Crippen molar-refractivity contribution in [2.45, 2.75) is 52.9 Å². The minimum absolute atomic E-state index is 0.982. The van der Waals surface area contributed by atoms with Crippen LogP contribution >= 0.6 is 0 Å². The average Bonchev–Trinajstić information content (AvgIpc) is 2.47. The molecule has 0 saturated heterocycles. The maximum atomic E-state index is 2.50. The molecule has 0 radical (unpaired) electrons. The van der Waals surface area contributed by atoms with Crippen LogP contribution in [0.3, 0.4) is 0 Å². The molecule has 2 saturated carbocycles. The molecule has 76 valence electrons. The Labute approximate surface area is 83.1 Å². The van der Waals surface area contributed by atoms with Gasteiger partial charge in [0.2, 0.25) is 0 Å². The van der Waals surface area contributed by atoms with Crippen molar-refractivity contribution in [1.29, 1.82) is 0 Å². The zero-order chi connectivity index (χ0) is 9.42. The molecule has 0 heteroatoms. The van der Waals surface area contributed by atoms with Gasteiger partial charge < -0.3 is 0 Å². The first-order valence-corrected chi connectivity index (χ1v) is 6.18. The molecule has 0 bridgehead atoms.